The molecule has 0 aliphatic carbocycles. The number of aryl methyl sites for hydroxylation is 4. The predicted octanol–water partition coefficient (Wildman–Crippen LogP) is 4.14. The molecule has 0 radical (unpaired) electrons. The molecule has 0 aliphatic rings. The molecule has 32 heavy (non-hydrogen) atoms. The summed E-state index contributed by atoms with van der Waals surface area (Å²) >= 11 is 0. The molecule has 0 saturated heterocycles. The molecule has 2 rings (SSSR count). The molecule has 6 nitrogen and oxygen atoms in total. The van der Waals surface area contributed by atoms with E-state index in [1.54, 1.807) is 0 Å². The van der Waals surface area contributed by atoms with E-state index < -0.39 is 0 Å². The van der Waals surface area contributed by atoms with E-state index in [0.717, 1.165) is 46.6 Å². The number of carbonyl (C=O) groups is 2. The standard InChI is InChI=1S/C26H38N4O2/c1-18-11-8-12-19(2)24(18)27-23(31)17-30(7)16-10-15-22(29(5)6)26(32)28-25-20(3)13-9-14-21(25)4/h8-9,11-14,22H,10,15-17H2,1-7H3,(H,27,31)(H,28,32)/t22-/m1/s1. The summed E-state index contributed by atoms with van der Waals surface area (Å²) in [5.41, 5.74) is 6.02. The Labute approximate surface area is 193 Å². The van der Waals surface area contributed by atoms with Crippen LogP contribution < -0.4 is 10.6 Å². The Morgan fingerprint density at radius 3 is 1.75 bits per heavy atom. The number of carbonyl (C=O) groups excluding carboxylic acids is 2. The first kappa shape index (κ1) is 25.6. The van der Waals surface area contributed by atoms with Gasteiger partial charge in [-0.2, -0.15) is 0 Å². The van der Waals surface area contributed by atoms with Gasteiger partial charge >= 0.3 is 0 Å². The van der Waals surface area contributed by atoms with E-state index in [0.29, 0.717) is 13.0 Å². The maximum Gasteiger partial charge on any atom is 0.241 e. The highest BCUT2D eigenvalue weighted by Crippen LogP contribution is 2.21. The summed E-state index contributed by atoms with van der Waals surface area (Å²) in [6.07, 6.45) is 1.53. The smallest absolute Gasteiger partial charge is 0.241 e. The Balaban J connectivity index is 1.86. The number of nitrogens with zero attached hydrogens (tertiary/aromatic N) is 2. The average Bonchev–Trinajstić information content (AvgIpc) is 2.70. The Morgan fingerprint density at radius 2 is 1.28 bits per heavy atom. The maximum absolute atomic E-state index is 12.9. The van der Waals surface area contributed by atoms with Gasteiger partial charge in [0.05, 0.1) is 12.6 Å². The van der Waals surface area contributed by atoms with E-state index in [4.69, 9.17) is 0 Å². The number of amides is 2. The summed E-state index contributed by atoms with van der Waals surface area (Å²) in [4.78, 5) is 29.4. The lowest BCUT2D eigenvalue weighted by atomic mass is 10.1. The zero-order chi connectivity index (χ0) is 23.8. The van der Waals surface area contributed by atoms with Gasteiger partial charge in [-0.05, 0) is 90.5 Å². The van der Waals surface area contributed by atoms with Crippen LogP contribution in [0.2, 0.25) is 0 Å². The molecule has 2 N–H and O–H groups in total. The van der Waals surface area contributed by atoms with Crippen LogP contribution in [-0.2, 0) is 9.59 Å². The number of nitrogens with one attached hydrogen (secondary N) is 2. The minimum Gasteiger partial charge on any atom is -0.324 e. The van der Waals surface area contributed by atoms with Gasteiger partial charge < -0.3 is 10.6 Å². The second kappa shape index (κ2) is 11.8. The SMILES string of the molecule is Cc1cccc(C)c1NC(=O)CN(C)CCC[C@H](C(=O)Nc1c(C)cccc1C)N(C)C. The van der Waals surface area contributed by atoms with E-state index in [2.05, 4.69) is 10.6 Å². The maximum atomic E-state index is 12.9. The Kier molecular flexibility index (Phi) is 9.42. The summed E-state index contributed by atoms with van der Waals surface area (Å²) in [7, 11) is 5.79. The molecule has 0 aliphatic heterocycles. The third kappa shape index (κ3) is 7.18. The van der Waals surface area contributed by atoms with Gasteiger partial charge in [0, 0.05) is 11.4 Å². The summed E-state index contributed by atoms with van der Waals surface area (Å²) in [5.74, 6) is -0.0235. The lowest BCUT2D eigenvalue weighted by Gasteiger charge is -2.25. The third-order valence-electron chi connectivity index (χ3n) is 5.83. The minimum absolute atomic E-state index is 0.00261. The van der Waals surface area contributed by atoms with Crippen LogP contribution in [0.4, 0.5) is 11.4 Å². The lowest BCUT2D eigenvalue weighted by Crippen LogP contribution is -2.40. The zero-order valence-corrected chi connectivity index (χ0v) is 20.6. The third-order valence-corrected chi connectivity index (χ3v) is 5.83. The van der Waals surface area contributed by atoms with Crippen molar-refractivity contribution in [1.29, 1.82) is 0 Å². The van der Waals surface area contributed by atoms with E-state index in [-0.39, 0.29) is 17.9 Å². The Morgan fingerprint density at radius 1 is 0.812 bits per heavy atom. The molecule has 0 unspecified atom stereocenters. The van der Waals surface area contributed by atoms with Crippen LogP contribution in [0.1, 0.15) is 35.1 Å². The quantitative estimate of drug-likeness (QED) is 0.585. The highest BCUT2D eigenvalue weighted by Gasteiger charge is 2.22. The summed E-state index contributed by atoms with van der Waals surface area (Å²) in [6, 6.07) is 11.8. The Bertz CT molecular complexity index is 899. The summed E-state index contributed by atoms with van der Waals surface area (Å²) in [6.45, 7) is 9.06. The van der Waals surface area contributed by atoms with Crippen molar-refractivity contribution in [2.45, 2.75) is 46.6 Å². The van der Waals surface area contributed by atoms with E-state index in [9.17, 15) is 9.59 Å². The zero-order valence-electron chi connectivity index (χ0n) is 20.6. The van der Waals surface area contributed by atoms with Gasteiger partial charge in [-0.15, -0.1) is 0 Å². The number of hydrogen-bond donors (Lipinski definition) is 2. The molecule has 2 aromatic rings. The molecule has 6 heteroatoms. The molecule has 0 heterocycles. The fourth-order valence-electron chi connectivity index (χ4n) is 3.91. The van der Waals surface area contributed by atoms with Crippen molar-refractivity contribution in [3.05, 3.63) is 58.7 Å². The fraction of sp³-hybridized carbons (Fsp3) is 0.462. The Hall–Kier alpha value is -2.70. The van der Waals surface area contributed by atoms with Crippen molar-refractivity contribution in [3.8, 4) is 0 Å². The van der Waals surface area contributed by atoms with Gasteiger partial charge in [-0.25, -0.2) is 0 Å². The van der Waals surface area contributed by atoms with E-state index >= 15 is 0 Å². The number of benzene rings is 2. The molecule has 0 aromatic heterocycles. The first-order chi connectivity index (χ1) is 15.1. The number of para-hydroxylation sites is 2. The van der Waals surface area contributed by atoms with Crippen LogP contribution in [0.3, 0.4) is 0 Å². The number of rotatable bonds is 10. The summed E-state index contributed by atoms with van der Waals surface area (Å²) in [5, 5.41) is 6.14. The number of anilines is 2. The van der Waals surface area contributed by atoms with Crippen LogP contribution in [-0.4, -0.2) is 61.9 Å². The van der Waals surface area contributed by atoms with Gasteiger partial charge in [0.25, 0.3) is 0 Å². The molecule has 2 aromatic carbocycles. The van der Waals surface area contributed by atoms with Crippen molar-refractivity contribution < 1.29 is 9.59 Å². The lowest BCUT2D eigenvalue weighted by molar-refractivity contribution is -0.121. The van der Waals surface area contributed by atoms with E-state index in [1.165, 1.54) is 0 Å². The number of likely N-dealkylation sites (N-methyl/N-ethyl adjacent to an activating group) is 2. The van der Waals surface area contributed by atoms with Crippen LogP contribution >= 0.6 is 0 Å². The van der Waals surface area contributed by atoms with Crippen LogP contribution in [0.15, 0.2) is 36.4 Å². The highest BCUT2D eigenvalue weighted by molar-refractivity contribution is 5.96. The predicted molar refractivity (Wildman–Crippen MR) is 133 cm³/mol. The number of hydrogen-bond acceptors (Lipinski definition) is 4. The van der Waals surface area contributed by atoms with Gasteiger partial charge in [-0.3, -0.25) is 19.4 Å². The van der Waals surface area contributed by atoms with Crippen LogP contribution in [0.25, 0.3) is 0 Å². The van der Waals surface area contributed by atoms with Crippen molar-refractivity contribution in [2.75, 3.05) is 44.9 Å². The molecule has 1 atom stereocenters. The van der Waals surface area contributed by atoms with E-state index in [1.807, 2.05) is 95.0 Å². The van der Waals surface area contributed by atoms with Crippen molar-refractivity contribution in [3.63, 3.8) is 0 Å². The first-order valence-corrected chi connectivity index (χ1v) is 11.2. The minimum atomic E-state index is -0.231. The normalized spacial score (nSPS) is 12.2. The molecule has 0 fully saturated rings. The van der Waals surface area contributed by atoms with Gasteiger partial charge in [-0.1, -0.05) is 36.4 Å². The monoisotopic (exact) mass is 438 g/mol. The fourth-order valence-corrected chi connectivity index (χ4v) is 3.91. The first-order valence-electron chi connectivity index (χ1n) is 11.2. The molecule has 0 spiro atoms. The molecule has 0 saturated carbocycles. The van der Waals surface area contributed by atoms with Crippen molar-refractivity contribution >= 4 is 23.2 Å². The van der Waals surface area contributed by atoms with Crippen molar-refractivity contribution in [2.24, 2.45) is 0 Å². The van der Waals surface area contributed by atoms with Gasteiger partial charge in [0.15, 0.2) is 0 Å². The van der Waals surface area contributed by atoms with Crippen molar-refractivity contribution in [1.82, 2.24) is 9.80 Å². The largest absolute Gasteiger partial charge is 0.324 e. The van der Waals surface area contributed by atoms with Gasteiger partial charge in [0.2, 0.25) is 11.8 Å². The van der Waals surface area contributed by atoms with Crippen LogP contribution in [0, 0.1) is 27.7 Å². The highest BCUT2D eigenvalue weighted by atomic mass is 16.2. The molecular weight excluding hydrogens is 400 g/mol. The second-order valence-electron chi connectivity index (χ2n) is 8.93. The van der Waals surface area contributed by atoms with Gasteiger partial charge in [0.1, 0.15) is 0 Å². The molecule has 174 valence electrons. The topological polar surface area (TPSA) is 64.7 Å². The molecule has 2 amide bonds. The molecule has 0 bridgehead atoms. The average molecular weight is 439 g/mol. The second-order valence-corrected chi connectivity index (χ2v) is 8.93. The summed E-state index contributed by atoms with van der Waals surface area (Å²) < 4.78 is 0. The van der Waals surface area contributed by atoms with Crippen LogP contribution in [0.5, 0.6) is 0 Å². The molecular formula is C26H38N4O2.